The smallest absolute Gasteiger partial charge is 0.240 e. The lowest BCUT2D eigenvalue weighted by Crippen LogP contribution is -2.45. The fourth-order valence-electron chi connectivity index (χ4n) is 2.47. The van der Waals surface area contributed by atoms with Crippen molar-refractivity contribution in [2.24, 2.45) is 0 Å². The van der Waals surface area contributed by atoms with Crippen molar-refractivity contribution in [1.29, 1.82) is 0 Å². The SMILES string of the molecule is CC1NCN(CC2CCCCN2C)C1=O. The summed E-state index contributed by atoms with van der Waals surface area (Å²) < 4.78 is 0. The molecule has 0 spiro atoms. The Labute approximate surface area is 91.6 Å². The zero-order valence-corrected chi connectivity index (χ0v) is 9.70. The zero-order valence-electron chi connectivity index (χ0n) is 9.70. The minimum atomic E-state index is 0.0129. The molecule has 2 saturated heterocycles. The summed E-state index contributed by atoms with van der Waals surface area (Å²) in [5, 5.41) is 3.18. The van der Waals surface area contributed by atoms with Gasteiger partial charge in [0.05, 0.1) is 12.7 Å². The summed E-state index contributed by atoms with van der Waals surface area (Å²) in [6, 6.07) is 0.577. The maximum atomic E-state index is 11.7. The van der Waals surface area contributed by atoms with Gasteiger partial charge in [0.1, 0.15) is 0 Å². The molecule has 1 amide bonds. The highest BCUT2D eigenvalue weighted by atomic mass is 16.2. The van der Waals surface area contributed by atoms with E-state index in [1.807, 2.05) is 11.8 Å². The van der Waals surface area contributed by atoms with Crippen molar-refractivity contribution in [3.05, 3.63) is 0 Å². The van der Waals surface area contributed by atoms with Crippen molar-refractivity contribution in [3.8, 4) is 0 Å². The number of likely N-dealkylation sites (tertiary alicyclic amines) is 1. The topological polar surface area (TPSA) is 35.6 Å². The quantitative estimate of drug-likeness (QED) is 0.711. The first-order chi connectivity index (χ1) is 7.18. The summed E-state index contributed by atoms with van der Waals surface area (Å²) in [6.07, 6.45) is 3.84. The predicted molar refractivity (Wildman–Crippen MR) is 59.4 cm³/mol. The van der Waals surface area contributed by atoms with Crippen LogP contribution < -0.4 is 5.32 Å². The summed E-state index contributed by atoms with van der Waals surface area (Å²) in [6.45, 7) is 4.74. The second kappa shape index (κ2) is 4.49. The molecule has 0 aliphatic carbocycles. The van der Waals surface area contributed by atoms with Crippen LogP contribution in [0.5, 0.6) is 0 Å². The first-order valence-electron chi connectivity index (χ1n) is 5.91. The van der Waals surface area contributed by atoms with E-state index in [0.29, 0.717) is 6.04 Å². The Bertz CT molecular complexity index is 244. The highest BCUT2D eigenvalue weighted by Gasteiger charge is 2.30. The number of piperidine rings is 1. The van der Waals surface area contributed by atoms with Gasteiger partial charge in [0.25, 0.3) is 0 Å². The molecule has 2 heterocycles. The number of carbonyl (C=O) groups excluding carboxylic acids is 1. The van der Waals surface area contributed by atoms with Gasteiger partial charge in [0.15, 0.2) is 0 Å². The summed E-state index contributed by atoms with van der Waals surface area (Å²) >= 11 is 0. The van der Waals surface area contributed by atoms with Gasteiger partial charge in [0, 0.05) is 12.6 Å². The van der Waals surface area contributed by atoms with Crippen molar-refractivity contribution in [2.75, 3.05) is 26.8 Å². The molecule has 0 aromatic rings. The molecule has 2 fully saturated rings. The Kier molecular flexibility index (Phi) is 3.26. The number of rotatable bonds is 2. The molecule has 0 aromatic heterocycles. The molecule has 1 N–H and O–H groups in total. The number of hydrogen-bond acceptors (Lipinski definition) is 3. The lowest BCUT2D eigenvalue weighted by Gasteiger charge is -2.34. The van der Waals surface area contributed by atoms with Crippen LogP contribution >= 0.6 is 0 Å². The molecule has 0 bridgehead atoms. The van der Waals surface area contributed by atoms with E-state index in [2.05, 4.69) is 17.3 Å². The highest BCUT2D eigenvalue weighted by Crippen LogP contribution is 2.17. The minimum Gasteiger partial charge on any atom is -0.327 e. The molecular formula is C11H21N3O. The third-order valence-electron chi connectivity index (χ3n) is 3.62. The Morgan fingerprint density at radius 1 is 1.47 bits per heavy atom. The van der Waals surface area contributed by atoms with Gasteiger partial charge >= 0.3 is 0 Å². The van der Waals surface area contributed by atoms with Crippen LogP contribution in [0.15, 0.2) is 0 Å². The van der Waals surface area contributed by atoms with Crippen LogP contribution in [-0.2, 0) is 4.79 Å². The van der Waals surface area contributed by atoms with E-state index in [1.165, 1.54) is 25.8 Å². The molecule has 0 aromatic carbocycles. The van der Waals surface area contributed by atoms with Crippen LogP contribution in [0.2, 0.25) is 0 Å². The number of nitrogens with zero attached hydrogens (tertiary/aromatic N) is 2. The van der Waals surface area contributed by atoms with E-state index in [4.69, 9.17) is 0 Å². The van der Waals surface area contributed by atoms with Crippen LogP contribution in [-0.4, -0.2) is 54.6 Å². The number of nitrogens with one attached hydrogen (secondary N) is 1. The fraction of sp³-hybridized carbons (Fsp3) is 0.909. The minimum absolute atomic E-state index is 0.0129. The van der Waals surface area contributed by atoms with E-state index >= 15 is 0 Å². The molecule has 0 saturated carbocycles. The van der Waals surface area contributed by atoms with Gasteiger partial charge in [-0.2, -0.15) is 0 Å². The Morgan fingerprint density at radius 2 is 2.27 bits per heavy atom. The van der Waals surface area contributed by atoms with Crippen molar-refractivity contribution < 1.29 is 4.79 Å². The second-order valence-electron chi connectivity index (χ2n) is 4.77. The molecule has 2 atom stereocenters. The normalized spacial score (nSPS) is 33.7. The van der Waals surface area contributed by atoms with Gasteiger partial charge in [0.2, 0.25) is 5.91 Å². The molecular weight excluding hydrogens is 190 g/mol. The predicted octanol–water partition coefficient (Wildman–Crippen LogP) is 0.248. The summed E-state index contributed by atoms with van der Waals surface area (Å²) in [7, 11) is 2.17. The average molecular weight is 211 g/mol. The van der Waals surface area contributed by atoms with Crippen LogP contribution in [0.25, 0.3) is 0 Å². The van der Waals surface area contributed by atoms with E-state index in [-0.39, 0.29) is 11.9 Å². The maximum Gasteiger partial charge on any atom is 0.240 e. The molecule has 2 aliphatic heterocycles. The summed E-state index contributed by atoms with van der Waals surface area (Å²) in [5.74, 6) is 0.258. The Balaban J connectivity index is 1.88. The molecule has 86 valence electrons. The second-order valence-corrected chi connectivity index (χ2v) is 4.77. The van der Waals surface area contributed by atoms with Crippen molar-refractivity contribution >= 4 is 5.91 Å². The van der Waals surface area contributed by atoms with Crippen molar-refractivity contribution in [3.63, 3.8) is 0 Å². The number of carbonyl (C=O) groups is 1. The highest BCUT2D eigenvalue weighted by molar-refractivity contribution is 5.83. The van der Waals surface area contributed by atoms with E-state index < -0.39 is 0 Å². The Morgan fingerprint density at radius 3 is 2.87 bits per heavy atom. The molecule has 15 heavy (non-hydrogen) atoms. The van der Waals surface area contributed by atoms with Gasteiger partial charge in [-0.1, -0.05) is 6.42 Å². The summed E-state index contributed by atoms with van der Waals surface area (Å²) in [4.78, 5) is 16.1. The van der Waals surface area contributed by atoms with Gasteiger partial charge in [-0.15, -0.1) is 0 Å². The summed E-state index contributed by atoms with van der Waals surface area (Å²) in [5.41, 5.74) is 0. The monoisotopic (exact) mass is 211 g/mol. The Hall–Kier alpha value is -0.610. The number of amides is 1. The van der Waals surface area contributed by atoms with Crippen LogP contribution in [0.3, 0.4) is 0 Å². The third-order valence-corrected chi connectivity index (χ3v) is 3.62. The van der Waals surface area contributed by atoms with Crippen molar-refractivity contribution in [2.45, 2.75) is 38.3 Å². The largest absolute Gasteiger partial charge is 0.327 e. The maximum absolute atomic E-state index is 11.7. The molecule has 2 unspecified atom stereocenters. The molecule has 4 heteroatoms. The molecule has 0 radical (unpaired) electrons. The van der Waals surface area contributed by atoms with Gasteiger partial charge < -0.3 is 9.80 Å². The zero-order chi connectivity index (χ0) is 10.8. The lowest BCUT2D eigenvalue weighted by atomic mass is 10.0. The van der Waals surface area contributed by atoms with E-state index in [0.717, 1.165) is 13.2 Å². The molecule has 4 nitrogen and oxygen atoms in total. The standard InChI is InChI=1S/C11H21N3O/c1-9-11(15)14(8-12-9)7-10-5-3-4-6-13(10)2/h9-10,12H,3-8H2,1-2H3. The first-order valence-corrected chi connectivity index (χ1v) is 5.91. The van der Waals surface area contributed by atoms with Crippen LogP contribution in [0.4, 0.5) is 0 Å². The van der Waals surface area contributed by atoms with E-state index in [1.54, 1.807) is 0 Å². The molecule has 2 rings (SSSR count). The third kappa shape index (κ3) is 2.32. The molecule has 2 aliphatic rings. The van der Waals surface area contributed by atoms with Gasteiger partial charge in [-0.3, -0.25) is 10.1 Å². The lowest BCUT2D eigenvalue weighted by molar-refractivity contribution is -0.129. The van der Waals surface area contributed by atoms with Gasteiger partial charge in [-0.25, -0.2) is 0 Å². The number of likely N-dealkylation sites (N-methyl/N-ethyl adjacent to an activating group) is 1. The average Bonchev–Trinajstić information content (AvgIpc) is 2.53. The van der Waals surface area contributed by atoms with Crippen LogP contribution in [0.1, 0.15) is 26.2 Å². The first kappa shape index (κ1) is 10.9. The fourth-order valence-corrected chi connectivity index (χ4v) is 2.47. The number of hydrogen-bond donors (Lipinski definition) is 1. The van der Waals surface area contributed by atoms with Gasteiger partial charge in [-0.05, 0) is 33.4 Å². The van der Waals surface area contributed by atoms with Crippen molar-refractivity contribution in [1.82, 2.24) is 15.1 Å². The van der Waals surface area contributed by atoms with Crippen LogP contribution in [0, 0.1) is 0 Å². The van der Waals surface area contributed by atoms with E-state index in [9.17, 15) is 4.79 Å².